The van der Waals surface area contributed by atoms with E-state index in [1.807, 2.05) is 0 Å². The topological polar surface area (TPSA) is 64.9 Å². The number of hydrogen-bond donors (Lipinski definition) is 1. The average molecular weight is 135 g/mol. The zero-order valence-electron chi connectivity index (χ0n) is 5.11. The molecule has 0 unspecified atom stereocenters. The van der Waals surface area contributed by atoms with Crippen LogP contribution in [0.2, 0.25) is 0 Å². The smallest absolute Gasteiger partial charge is 0.155 e. The number of fused-ring (bicyclic) bond motifs is 1. The third-order valence-corrected chi connectivity index (χ3v) is 1.31. The number of hydrogen-bond acceptors (Lipinski definition) is 4. The van der Waals surface area contributed by atoms with Gasteiger partial charge in [0.2, 0.25) is 0 Å². The van der Waals surface area contributed by atoms with Crippen molar-refractivity contribution in [2.75, 3.05) is 5.73 Å². The van der Waals surface area contributed by atoms with E-state index < -0.39 is 0 Å². The Hall–Kier alpha value is -1.58. The standard InChI is InChI=1S/C6H5N3O/c7-6-5-4(1-2-8-6)3-10-9-5/h1-3H,(H2,7,8). The molecule has 0 saturated heterocycles. The monoisotopic (exact) mass is 135 g/mol. The zero-order valence-corrected chi connectivity index (χ0v) is 5.11. The highest BCUT2D eigenvalue weighted by Gasteiger charge is 2.00. The highest BCUT2D eigenvalue weighted by atomic mass is 16.5. The first kappa shape index (κ1) is 5.22. The lowest BCUT2D eigenvalue weighted by Gasteiger charge is -1.87. The Bertz CT molecular complexity index is 355. The highest BCUT2D eigenvalue weighted by molar-refractivity contribution is 5.85. The summed E-state index contributed by atoms with van der Waals surface area (Å²) in [5.41, 5.74) is 6.09. The summed E-state index contributed by atoms with van der Waals surface area (Å²) in [4.78, 5) is 3.83. The molecule has 0 radical (unpaired) electrons. The molecule has 10 heavy (non-hydrogen) atoms. The molecule has 0 amide bonds. The summed E-state index contributed by atoms with van der Waals surface area (Å²) in [5, 5.41) is 4.54. The van der Waals surface area contributed by atoms with Gasteiger partial charge in [-0.15, -0.1) is 0 Å². The number of aromatic nitrogens is 2. The second kappa shape index (κ2) is 1.70. The maximum Gasteiger partial charge on any atom is 0.155 e. The molecule has 0 atom stereocenters. The second-order valence-corrected chi connectivity index (χ2v) is 1.95. The van der Waals surface area contributed by atoms with E-state index in [0.29, 0.717) is 11.3 Å². The van der Waals surface area contributed by atoms with Gasteiger partial charge >= 0.3 is 0 Å². The van der Waals surface area contributed by atoms with Crippen molar-refractivity contribution in [2.45, 2.75) is 0 Å². The van der Waals surface area contributed by atoms with Crippen LogP contribution in [0.4, 0.5) is 5.82 Å². The molecule has 2 aromatic rings. The van der Waals surface area contributed by atoms with Crippen molar-refractivity contribution in [1.29, 1.82) is 0 Å². The number of nitrogens with two attached hydrogens (primary N) is 1. The second-order valence-electron chi connectivity index (χ2n) is 1.95. The van der Waals surface area contributed by atoms with Gasteiger partial charge < -0.3 is 10.3 Å². The molecule has 50 valence electrons. The van der Waals surface area contributed by atoms with E-state index in [4.69, 9.17) is 5.73 Å². The van der Waals surface area contributed by atoms with Gasteiger partial charge in [0.25, 0.3) is 0 Å². The predicted molar refractivity (Wildman–Crippen MR) is 36.2 cm³/mol. The van der Waals surface area contributed by atoms with Gasteiger partial charge in [-0.2, -0.15) is 0 Å². The number of nitrogen functional groups attached to an aromatic ring is 1. The summed E-state index contributed by atoms with van der Waals surface area (Å²) in [6, 6.07) is 1.79. The van der Waals surface area contributed by atoms with E-state index in [9.17, 15) is 0 Å². The lowest BCUT2D eigenvalue weighted by molar-refractivity contribution is 0.428. The van der Waals surface area contributed by atoms with Crippen LogP contribution < -0.4 is 5.73 Å². The summed E-state index contributed by atoms with van der Waals surface area (Å²) in [6.07, 6.45) is 3.16. The minimum absolute atomic E-state index is 0.409. The molecule has 0 aromatic carbocycles. The lowest BCUT2D eigenvalue weighted by Crippen LogP contribution is -1.89. The summed E-state index contributed by atoms with van der Waals surface area (Å²) in [6.45, 7) is 0. The lowest BCUT2D eigenvalue weighted by atomic mass is 10.3. The van der Waals surface area contributed by atoms with Gasteiger partial charge in [-0.1, -0.05) is 5.16 Å². The zero-order chi connectivity index (χ0) is 6.97. The van der Waals surface area contributed by atoms with Crippen LogP contribution in [0.1, 0.15) is 0 Å². The predicted octanol–water partition coefficient (Wildman–Crippen LogP) is 0.805. The summed E-state index contributed by atoms with van der Waals surface area (Å²) in [7, 11) is 0. The Labute approximate surface area is 56.6 Å². The molecule has 4 nitrogen and oxygen atoms in total. The Balaban J connectivity index is 2.95. The molecule has 2 heterocycles. The number of rotatable bonds is 0. The third kappa shape index (κ3) is 0.556. The van der Waals surface area contributed by atoms with Gasteiger partial charge in [-0.05, 0) is 6.07 Å². The molecule has 0 spiro atoms. The Morgan fingerprint density at radius 3 is 3.20 bits per heavy atom. The molecule has 2 rings (SSSR count). The Morgan fingerprint density at radius 2 is 2.40 bits per heavy atom. The fourth-order valence-corrected chi connectivity index (χ4v) is 0.816. The van der Waals surface area contributed by atoms with Crippen LogP contribution in [0.3, 0.4) is 0 Å². The van der Waals surface area contributed by atoms with E-state index in [1.165, 1.54) is 6.26 Å². The van der Waals surface area contributed by atoms with E-state index in [-0.39, 0.29) is 0 Å². The van der Waals surface area contributed by atoms with E-state index >= 15 is 0 Å². The number of pyridine rings is 1. The van der Waals surface area contributed by atoms with Crippen LogP contribution in [0.15, 0.2) is 23.0 Å². The first-order chi connectivity index (χ1) is 4.88. The van der Waals surface area contributed by atoms with Crippen molar-refractivity contribution in [1.82, 2.24) is 10.1 Å². The van der Waals surface area contributed by atoms with Crippen molar-refractivity contribution in [3.8, 4) is 0 Å². The molecule has 0 fully saturated rings. The van der Waals surface area contributed by atoms with Gasteiger partial charge in [-0.25, -0.2) is 4.98 Å². The van der Waals surface area contributed by atoms with Crippen molar-refractivity contribution in [2.24, 2.45) is 0 Å². The summed E-state index contributed by atoms with van der Waals surface area (Å²) >= 11 is 0. The van der Waals surface area contributed by atoms with Crippen LogP contribution in [0.5, 0.6) is 0 Å². The third-order valence-electron chi connectivity index (χ3n) is 1.31. The van der Waals surface area contributed by atoms with E-state index in [0.717, 1.165) is 5.39 Å². The van der Waals surface area contributed by atoms with Crippen LogP contribution in [-0.4, -0.2) is 10.1 Å². The molecule has 2 N–H and O–H groups in total. The fraction of sp³-hybridized carbons (Fsp3) is 0. The van der Waals surface area contributed by atoms with Crippen LogP contribution in [0.25, 0.3) is 10.9 Å². The highest BCUT2D eigenvalue weighted by Crippen LogP contribution is 2.14. The van der Waals surface area contributed by atoms with Gasteiger partial charge in [0, 0.05) is 11.6 Å². The first-order valence-electron chi connectivity index (χ1n) is 2.82. The first-order valence-corrected chi connectivity index (χ1v) is 2.82. The fourth-order valence-electron chi connectivity index (χ4n) is 0.816. The Kier molecular flexibility index (Phi) is 0.887. The number of nitrogens with zero attached hydrogens (tertiary/aromatic N) is 2. The van der Waals surface area contributed by atoms with Crippen molar-refractivity contribution >= 4 is 16.7 Å². The van der Waals surface area contributed by atoms with E-state index in [2.05, 4.69) is 14.7 Å². The maximum atomic E-state index is 5.47. The Morgan fingerprint density at radius 1 is 1.50 bits per heavy atom. The summed E-state index contributed by atoms with van der Waals surface area (Å²) in [5.74, 6) is 0.409. The van der Waals surface area contributed by atoms with Crippen molar-refractivity contribution in [3.05, 3.63) is 18.5 Å². The maximum absolute atomic E-state index is 5.47. The van der Waals surface area contributed by atoms with Crippen LogP contribution in [-0.2, 0) is 0 Å². The molecule has 0 aliphatic heterocycles. The number of anilines is 1. The van der Waals surface area contributed by atoms with Gasteiger partial charge in [0.15, 0.2) is 11.3 Å². The average Bonchev–Trinajstić information content (AvgIpc) is 2.36. The molecule has 2 aromatic heterocycles. The minimum Gasteiger partial charge on any atom is -0.382 e. The molecule has 0 aliphatic carbocycles. The normalized spacial score (nSPS) is 10.4. The quantitative estimate of drug-likeness (QED) is 0.580. The molecule has 0 saturated carbocycles. The summed E-state index contributed by atoms with van der Waals surface area (Å²) < 4.78 is 4.68. The van der Waals surface area contributed by atoms with E-state index in [1.54, 1.807) is 12.3 Å². The molecule has 4 heteroatoms. The SMILES string of the molecule is Nc1nccc2conc12. The molecular formula is C6H5N3O. The van der Waals surface area contributed by atoms with Crippen molar-refractivity contribution in [3.63, 3.8) is 0 Å². The van der Waals surface area contributed by atoms with Gasteiger partial charge in [0.05, 0.1) is 0 Å². The van der Waals surface area contributed by atoms with Crippen LogP contribution >= 0.6 is 0 Å². The largest absolute Gasteiger partial charge is 0.382 e. The molecule has 0 bridgehead atoms. The molecule has 0 aliphatic rings. The minimum atomic E-state index is 0.409. The van der Waals surface area contributed by atoms with Gasteiger partial charge in [0.1, 0.15) is 6.26 Å². The van der Waals surface area contributed by atoms with Crippen molar-refractivity contribution < 1.29 is 4.52 Å². The van der Waals surface area contributed by atoms with Crippen LogP contribution in [0, 0.1) is 0 Å². The van der Waals surface area contributed by atoms with Gasteiger partial charge in [-0.3, -0.25) is 0 Å². The molecular weight excluding hydrogens is 130 g/mol.